The van der Waals surface area contributed by atoms with Gasteiger partial charge in [0.25, 0.3) is 0 Å². The maximum Gasteiger partial charge on any atom is 0.208 e. The van der Waals surface area contributed by atoms with Crippen LogP contribution in [0.1, 0.15) is 62.2 Å². The summed E-state index contributed by atoms with van der Waals surface area (Å²) in [5, 5.41) is 9.53. The van der Waals surface area contributed by atoms with E-state index < -0.39 is 0 Å². The fourth-order valence-corrected chi connectivity index (χ4v) is 6.42. The summed E-state index contributed by atoms with van der Waals surface area (Å²) in [4.78, 5) is 23.8. The number of ether oxygens (including phenoxy) is 1. The molecule has 2 aliphatic rings. The number of fused-ring (bicyclic) bond motifs is 1. The van der Waals surface area contributed by atoms with Gasteiger partial charge >= 0.3 is 0 Å². The zero-order chi connectivity index (χ0) is 24.4. The van der Waals surface area contributed by atoms with Gasteiger partial charge in [0, 0.05) is 22.1 Å². The van der Waals surface area contributed by atoms with Crippen LogP contribution in [0.25, 0.3) is 0 Å². The minimum Gasteiger partial charge on any atom is -0.368 e. The van der Waals surface area contributed by atoms with Gasteiger partial charge in [0.2, 0.25) is 5.78 Å². The molecule has 184 valence electrons. The lowest BCUT2D eigenvalue weighted by Crippen LogP contribution is -2.20. The van der Waals surface area contributed by atoms with Crippen LogP contribution in [0.3, 0.4) is 0 Å². The number of carbonyl (C=O) groups is 1. The largest absolute Gasteiger partial charge is 0.368 e. The van der Waals surface area contributed by atoms with Gasteiger partial charge in [-0.2, -0.15) is 0 Å². The van der Waals surface area contributed by atoms with Crippen molar-refractivity contribution in [1.82, 2.24) is 9.97 Å². The Kier molecular flexibility index (Phi) is 7.71. The van der Waals surface area contributed by atoms with Crippen molar-refractivity contribution in [2.45, 2.75) is 44.8 Å². The Bertz CT molecular complexity index is 1220. The molecule has 10 heteroatoms. The molecule has 3 unspecified atom stereocenters. The van der Waals surface area contributed by atoms with Gasteiger partial charge in [-0.05, 0) is 73.4 Å². The number of nitrogens with one attached hydrogen (secondary N) is 1. The molecule has 1 aliphatic carbocycles. The molecule has 3 atom stereocenters. The van der Waals surface area contributed by atoms with Gasteiger partial charge in [-0.1, -0.05) is 17.7 Å². The molecule has 3 heterocycles. The summed E-state index contributed by atoms with van der Waals surface area (Å²) in [7, 11) is 0. The SMILES string of the molecule is Cc1sc(C(=O)c2cncnc2NC2CCC(COSN)C2)cc1C1OCCc2ccc(Cl)cc21. The van der Waals surface area contributed by atoms with Crippen LogP contribution in [0.5, 0.6) is 0 Å². The van der Waals surface area contributed by atoms with E-state index in [0.717, 1.165) is 53.9 Å². The molecule has 7 nitrogen and oxygen atoms in total. The molecule has 35 heavy (non-hydrogen) atoms. The molecule has 3 aromatic rings. The normalized spacial score (nSPS) is 21.6. The highest BCUT2D eigenvalue weighted by molar-refractivity contribution is 7.92. The van der Waals surface area contributed by atoms with Crippen molar-refractivity contribution < 1.29 is 13.7 Å². The van der Waals surface area contributed by atoms with Gasteiger partial charge in [-0.25, -0.2) is 9.97 Å². The first-order valence-electron chi connectivity index (χ1n) is 11.6. The summed E-state index contributed by atoms with van der Waals surface area (Å²) < 4.78 is 11.5. The third-order valence-electron chi connectivity index (χ3n) is 6.72. The van der Waals surface area contributed by atoms with Crippen molar-refractivity contribution in [1.29, 1.82) is 0 Å². The maximum atomic E-state index is 13.6. The van der Waals surface area contributed by atoms with E-state index in [1.165, 1.54) is 23.2 Å². The van der Waals surface area contributed by atoms with Crippen LogP contribution < -0.4 is 10.5 Å². The third-order valence-corrected chi connectivity index (χ3v) is 8.29. The minimum absolute atomic E-state index is 0.0908. The van der Waals surface area contributed by atoms with Crippen LogP contribution in [-0.2, 0) is 15.3 Å². The van der Waals surface area contributed by atoms with Crippen LogP contribution in [0.2, 0.25) is 5.02 Å². The standard InChI is InChI=1S/C25H27ClN4O3S2/c1-14-19(24-20-9-17(26)4-3-16(20)6-7-32-24)10-22(34-14)23(31)21-11-28-13-29-25(21)30-18-5-2-15(8-18)12-33-35-27/h3-4,9-11,13,15,18,24H,2,5-8,12,27H2,1H3,(H,28,29,30). The number of hydrogen-bond acceptors (Lipinski definition) is 9. The number of hydrogen-bond donors (Lipinski definition) is 2. The second kappa shape index (κ2) is 10.9. The van der Waals surface area contributed by atoms with Crippen molar-refractivity contribution in [3.05, 3.63) is 73.8 Å². The van der Waals surface area contributed by atoms with Gasteiger partial charge in [-0.3, -0.25) is 9.93 Å². The molecule has 1 saturated carbocycles. The van der Waals surface area contributed by atoms with E-state index in [1.807, 2.05) is 25.1 Å². The van der Waals surface area contributed by atoms with E-state index in [0.29, 0.717) is 40.4 Å². The molecule has 1 aromatic carbocycles. The summed E-state index contributed by atoms with van der Waals surface area (Å²) in [5.41, 5.74) is 3.79. The summed E-state index contributed by atoms with van der Waals surface area (Å²) in [6.07, 6.45) is 6.68. The number of aryl methyl sites for hydroxylation is 1. The molecule has 2 aromatic heterocycles. The Morgan fingerprint density at radius 3 is 3.09 bits per heavy atom. The van der Waals surface area contributed by atoms with Crippen molar-refractivity contribution >= 4 is 46.8 Å². The van der Waals surface area contributed by atoms with Crippen LogP contribution in [0.4, 0.5) is 5.82 Å². The summed E-state index contributed by atoms with van der Waals surface area (Å²) >= 11 is 8.67. The molecule has 1 fully saturated rings. The molecule has 0 saturated heterocycles. The average Bonchev–Trinajstić information content (AvgIpc) is 3.48. The highest BCUT2D eigenvalue weighted by Gasteiger charge is 2.29. The second-order valence-corrected chi connectivity index (χ2v) is 11.1. The molecular formula is C25H27ClN4O3S2. The Hall–Kier alpha value is -2.01. The number of rotatable bonds is 8. The number of halogens is 1. The summed E-state index contributed by atoms with van der Waals surface area (Å²) in [6, 6.07) is 8.13. The van der Waals surface area contributed by atoms with Gasteiger partial charge in [0.1, 0.15) is 18.2 Å². The van der Waals surface area contributed by atoms with E-state index in [-0.39, 0.29) is 17.9 Å². The second-order valence-electron chi connectivity index (χ2n) is 8.98. The van der Waals surface area contributed by atoms with Crippen LogP contribution in [-0.4, -0.2) is 35.0 Å². The number of ketones is 1. The van der Waals surface area contributed by atoms with Crippen molar-refractivity contribution in [3.63, 3.8) is 0 Å². The van der Waals surface area contributed by atoms with Gasteiger partial charge in [0.15, 0.2) is 0 Å². The number of nitrogens with zero attached hydrogens (tertiary/aromatic N) is 2. The highest BCUT2D eigenvalue weighted by atomic mass is 35.5. The molecule has 1 aliphatic heterocycles. The van der Waals surface area contributed by atoms with Crippen LogP contribution in [0.15, 0.2) is 36.8 Å². The molecule has 0 radical (unpaired) electrons. The van der Waals surface area contributed by atoms with Crippen LogP contribution >= 0.6 is 35.2 Å². The first-order valence-corrected chi connectivity index (χ1v) is 13.6. The minimum atomic E-state index is -0.232. The topological polar surface area (TPSA) is 99.4 Å². The number of anilines is 1. The first-order chi connectivity index (χ1) is 17.0. The van der Waals surface area contributed by atoms with Gasteiger partial charge in [0.05, 0.1) is 35.9 Å². The number of nitrogens with two attached hydrogens (primary N) is 1. The fourth-order valence-electron chi connectivity index (χ4n) is 4.97. The Labute approximate surface area is 218 Å². The quantitative estimate of drug-likeness (QED) is 0.223. The van der Waals surface area contributed by atoms with Crippen molar-refractivity contribution in [2.24, 2.45) is 11.1 Å². The Morgan fingerprint density at radius 2 is 2.23 bits per heavy atom. The van der Waals surface area contributed by atoms with Gasteiger partial charge in [-0.15, -0.1) is 11.3 Å². The molecule has 5 rings (SSSR count). The monoisotopic (exact) mass is 530 g/mol. The van der Waals surface area contributed by atoms with Crippen LogP contribution in [0, 0.1) is 12.8 Å². The molecule has 0 spiro atoms. The first kappa shape index (κ1) is 24.7. The molecule has 3 N–H and O–H groups in total. The predicted octanol–water partition coefficient (Wildman–Crippen LogP) is 5.51. The lowest BCUT2D eigenvalue weighted by atomic mass is 9.93. The Balaban J connectivity index is 1.37. The predicted molar refractivity (Wildman–Crippen MR) is 140 cm³/mol. The zero-order valence-electron chi connectivity index (χ0n) is 19.3. The average molecular weight is 531 g/mol. The molecular weight excluding hydrogens is 504 g/mol. The third kappa shape index (κ3) is 5.40. The van der Waals surface area contributed by atoms with Crippen molar-refractivity contribution in [2.75, 3.05) is 18.5 Å². The number of aromatic nitrogens is 2. The Morgan fingerprint density at radius 1 is 1.34 bits per heavy atom. The molecule has 0 bridgehead atoms. The fraction of sp³-hybridized carbons (Fsp3) is 0.400. The van der Waals surface area contributed by atoms with E-state index >= 15 is 0 Å². The van der Waals surface area contributed by atoms with E-state index in [2.05, 4.69) is 21.4 Å². The number of carbonyl (C=O) groups excluding carboxylic acids is 1. The molecule has 0 amide bonds. The lowest BCUT2D eigenvalue weighted by Gasteiger charge is -2.26. The maximum absolute atomic E-state index is 13.6. The highest BCUT2D eigenvalue weighted by Crippen LogP contribution is 2.39. The summed E-state index contributed by atoms with van der Waals surface area (Å²) in [5.74, 6) is 0.925. The van der Waals surface area contributed by atoms with Crippen molar-refractivity contribution in [3.8, 4) is 0 Å². The summed E-state index contributed by atoms with van der Waals surface area (Å²) in [6.45, 7) is 3.29. The van der Waals surface area contributed by atoms with E-state index in [9.17, 15) is 4.79 Å². The van der Waals surface area contributed by atoms with E-state index in [4.69, 9.17) is 25.7 Å². The van der Waals surface area contributed by atoms with E-state index in [1.54, 1.807) is 6.20 Å². The van der Waals surface area contributed by atoms with Gasteiger partial charge < -0.3 is 14.2 Å². The zero-order valence-corrected chi connectivity index (χ0v) is 21.7. The lowest BCUT2D eigenvalue weighted by molar-refractivity contribution is 0.0697. The number of benzene rings is 1. The number of thiophene rings is 1. The smallest absolute Gasteiger partial charge is 0.208 e.